The average Bonchev–Trinajstić information content (AvgIpc) is 2.76. The van der Waals surface area contributed by atoms with Gasteiger partial charge in [0.25, 0.3) is 5.91 Å². The number of thioether (sulfide) groups is 1. The molecule has 0 saturated heterocycles. The van der Waals surface area contributed by atoms with Crippen molar-refractivity contribution in [2.75, 3.05) is 32.2 Å². The van der Waals surface area contributed by atoms with Crippen molar-refractivity contribution in [1.82, 2.24) is 10.2 Å². The molecule has 0 bridgehead atoms. The molecule has 6 nitrogen and oxygen atoms in total. The number of ether oxygens (including phenoxy) is 2. The fraction of sp³-hybridized carbons (Fsp3) is 0.364. The number of likely N-dealkylation sites (N-methyl/N-ethyl adjacent to an activating group) is 1. The number of para-hydroxylation sites is 2. The average molecular weight is 415 g/mol. The summed E-state index contributed by atoms with van der Waals surface area (Å²) in [6, 6.07) is 15.8. The van der Waals surface area contributed by atoms with Gasteiger partial charge in [-0.3, -0.25) is 9.59 Å². The van der Waals surface area contributed by atoms with Crippen LogP contribution in [0.15, 0.2) is 54.6 Å². The molecule has 29 heavy (non-hydrogen) atoms. The zero-order chi connectivity index (χ0) is 20.6. The van der Waals surface area contributed by atoms with Crippen LogP contribution in [-0.4, -0.2) is 61.1 Å². The molecule has 1 aliphatic heterocycles. The number of rotatable bonds is 8. The number of fused-ring (bicyclic) bond motifs is 1. The highest BCUT2D eigenvalue weighted by molar-refractivity contribution is 7.98. The molecule has 0 aliphatic carbocycles. The second-order valence-corrected chi connectivity index (χ2v) is 7.88. The summed E-state index contributed by atoms with van der Waals surface area (Å²) in [6.07, 6.45) is 2.28. The summed E-state index contributed by atoms with van der Waals surface area (Å²) < 4.78 is 11.7. The van der Waals surface area contributed by atoms with Crippen LogP contribution in [0.3, 0.4) is 0 Å². The highest BCUT2D eigenvalue weighted by Gasteiger charge is 2.28. The molecule has 2 unspecified atom stereocenters. The number of nitrogens with one attached hydrogen (secondary N) is 1. The van der Waals surface area contributed by atoms with Gasteiger partial charge in [-0.25, -0.2) is 0 Å². The Labute approximate surface area is 175 Å². The minimum absolute atomic E-state index is 0.134. The second kappa shape index (κ2) is 10.2. The second-order valence-electron chi connectivity index (χ2n) is 6.89. The molecule has 1 aliphatic rings. The molecule has 154 valence electrons. The number of benzene rings is 2. The Morgan fingerprint density at radius 1 is 1.14 bits per heavy atom. The Morgan fingerprint density at radius 3 is 2.55 bits per heavy atom. The Balaban J connectivity index is 1.61. The van der Waals surface area contributed by atoms with E-state index in [0.29, 0.717) is 36.6 Å². The summed E-state index contributed by atoms with van der Waals surface area (Å²) in [4.78, 5) is 27.2. The van der Waals surface area contributed by atoms with Crippen molar-refractivity contribution in [3.05, 3.63) is 60.2 Å². The van der Waals surface area contributed by atoms with Gasteiger partial charge < -0.3 is 19.7 Å². The van der Waals surface area contributed by atoms with E-state index in [4.69, 9.17) is 9.47 Å². The number of amides is 2. The summed E-state index contributed by atoms with van der Waals surface area (Å²) in [7, 11) is 1.73. The van der Waals surface area contributed by atoms with Crippen molar-refractivity contribution in [3.63, 3.8) is 0 Å². The predicted octanol–water partition coefficient (Wildman–Crippen LogP) is 2.84. The van der Waals surface area contributed by atoms with E-state index >= 15 is 0 Å². The van der Waals surface area contributed by atoms with Gasteiger partial charge in [0.05, 0.1) is 6.54 Å². The number of hydrogen-bond donors (Lipinski definition) is 1. The maximum absolute atomic E-state index is 13.0. The normalized spacial score (nSPS) is 16.0. The summed E-state index contributed by atoms with van der Waals surface area (Å²) in [5, 5.41) is 2.89. The maximum Gasteiger partial charge on any atom is 0.251 e. The van der Waals surface area contributed by atoms with Crippen LogP contribution >= 0.6 is 11.8 Å². The zero-order valence-corrected chi connectivity index (χ0v) is 17.5. The zero-order valence-electron chi connectivity index (χ0n) is 16.7. The highest BCUT2D eigenvalue weighted by Crippen LogP contribution is 2.31. The summed E-state index contributed by atoms with van der Waals surface area (Å²) in [6.45, 7) is 0.755. The molecule has 2 aromatic carbocycles. The SMILES string of the molecule is CSCCC(NC(=O)c1ccccc1)C(=O)N(C)CC1COc2ccccc2O1. The van der Waals surface area contributed by atoms with Crippen molar-refractivity contribution in [2.45, 2.75) is 18.6 Å². The molecule has 7 heteroatoms. The van der Waals surface area contributed by atoms with Crippen LogP contribution in [0.5, 0.6) is 11.5 Å². The number of hydrogen-bond acceptors (Lipinski definition) is 5. The molecule has 2 aromatic rings. The first-order valence-electron chi connectivity index (χ1n) is 9.56. The van der Waals surface area contributed by atoms with E-state index < -0.39 is 6.04 Å². The molecular weight excluding hydrogens is 388 g/mol. The van der Waals surface area contributed by atoms with E-state index in [1.54, 1.807) is 48.0 Å². The van der Waals surface area contributed by atoms with Crippen LogP contribution in [0.25, 0.3) is 0 Å². The molecular formula is C22H26N2O4S. The molecule has 0 radical (unpaired) electrons. The van der Waals surface area contributed by atoms with Crippen molar-refractivity contribution >= 4 is 23.6 Å². The standard InChI is InChI=1S/C22H26N2O4S/c1-24(14-17-15-27-19-10-6-7-11-20(19)28-17)22(26)18(12-13-29-2)23-21(25)16-8-4-3-5-9-16/h3-11,17-18H,12-15H2,1-2H3,(H,23,25). The van der Waals surface area contributed by atoms with Crippen LogP contribution in [0.4, 0.5) is 0 Å². The lowest BCUT2D eigenvalue weighted by Crippen LogP contribution is -2.50. The Hall–Kier alpha value is -2.67. The molecule has 0 saturated carbocycles. The molecule has 2 amide bonds. The van der Waals surface area contributed by atoms with Crippen LogP contribution in [0, 0.1) is 0 Å². The first-order valence-corrected chi connectivity index (χ1v) is 11.0. The molecule has 3 rings (SSSR count). The lowest BCUT2D eigenvalue weighted by atomic mass is 10.1. The predicted molar refractivity (Wildman–Crippen MR) is 115 cm³/mol. The van der Waals surface area contributed by atoms with Gasteiger partial charge in [0.1, 0.15) is 12.6 Å². The largest absolute Gasteiger partial charge is 0.486 e. The van der Waals surface area contributed by atoms with Gasteiger partial charge in [0.15, 0.2) is 17.6 Å². The van der Waals surface area contributed by atoms with E-state index in [-0.39, 0.29) is 17.9 Å². The molecule has 0 fully saturated rings. The van der Waals surface area contributed by atoms with E-state index in [2.05, 4.69) is 5.32 Å². The fourth-order valence-electron chi connectivity index (χ4n) is 3.14. The minimum Gasteiger partial charge on any atom is -0.486 e. The lowest BCUT2D eigenvalue weighted by Gasteiger charge is -2.31. The van der Waals surface area contributed by atoms with Crippen LogP contribution < -0.4 is 14.8 Å². The van der Waals surface area contributed by atoms with Crippen LogP contribution in [-0.2, 0) is 4.79 Å². The van der Waals surface area contributed by atoms with Gasteiger partial charge in [-0.05, 0) is 42.7 Å². The number of carbonyl (C=O) groups excluding carboxylic acids is 2. The molecule has 0 aromatic heterocycles. The third-order valence-corrected chi connectivity index (χ3v) is 5.32. The van der Waals surface area contributed by atoms with Gasteiger partial charge >= 0.3 is 0 Å². The van der Waals surface area contributed by atoms with Crippen molar-refractivity contribution in [3.8, 4) is 11.5 Å². The van der Waals surface area contributed by atoms with Gasteiger partial charge in [-0.1, -0.05) is 30.3 Å². The van der Waals surface area contributed by atoms with Crippen molar-refractivity contribution in [2.24, 2.45) is 0 Å². The Bertz CT molecular complexity index is 831. The molecule has 0 spiro atoms. The monoisotopic (exact) mass is 414 g/mol. The van der Waals surface area contributed by atoms with Gasteiger partial charge in [-0.2, -0.15) is 11.8 Å². The molecule has 1 N–H and O–H groups in total. The first kappa shape index (κ1) is 21.0. The van der Waals surface area contributed by atoms with E-state index in [1.807, 2.05) is 36.6 Å². The van der Waals surface area contributed by atoms with Crippen LogP contribution in [0.1, 0.15) is 16.8 Å². The van der Waals surface area contributed by atoms with Crippen LogP contribution in [0.2, 0.25) is 0 Å². The van der Waals surface area contributed by atoms with Crippen molar-refractivity contribution in [1.29, 1.82) is 0 Å². The first-order chi connectivity index (χ1) is 14.1. The Kier molecular flexibility index (Phi) is 7.41. The van der Waals surface area contributed by atoms with Gasteiger partial charge in [0, 0.05) is 12.6 Å². The highest BCUT2D eigenvalue weighted by atomic mass is 32.2. The minimum atomic E-state index is -0.586. The third kappa shape index (κ3) is 5.67. The van der Waals surface area contributed by atoms with Gasteiger partial charge in [-0.15, -0.1) is 0 Å². The molecule has 2 atom stereocenters. The van der Waals surface area contributed by atoms with E-state index in [1.165, 1.54) is 0 Å². The topological polar surface area (TPSA) is 67.9 Å². The smallest absolute Gasteiger partial charge is 0.251 e. The molecule has 1 heterocycles. The van der Waals surface area contributed by atoms with Crippen molar-refractivity contribution < 1.29 is 19.1 Å². The number of nitrogens with zero attached hydrogens (tertiary/aromatic N) is 1. The summed E-state index contributed by atoms with van der Waals surface area (Å²) in [5.41, 5.74) is 0.540. The summed E-state index contributed by atoms with van der Waals surface area (Å²) in [5.74, 6) is 1.79. The Morgan fingerprint density at radius 2 is 1.83 bits per heavy atom. The number of carbonyl (C=O) groups is 2. The van der Waals surface area contributed by atoms with Gasteiger partial charge in [0.2, 0.25) is 5.91 Å². The maximum atomic E-state index is 13.0. The third-order valence-electron chi connectivity index (χ3n) is 4.67. The fourth-order valence-corrected chi connectivity index (χ4v) is 3.61. The van der Waals surface area contributed by atoms with E-state index in [9.17, 15) is 9.59 Å². The lowest BCUT2D eigenvalue weighted by molar-refractivity contribution is -0.133. The summed E-state index contributed by atoms with van der Waals surface area (Å²) >= 11 is 1.64. The quantitative estimate of drug-likeness (QED) is 0.720. The van der Waals surface area contributed by atoms with E-state index in [0.717, 1.165) is 5.75 Å².